The quantitative estimate of drug-likeness (QED) is 0.524. The summed E-state index contributed by atoms with van der Waals surface area (Å²) in [6.45, 7) is 0. The topological polar surface area (TPSA) is 85.5 Å². The van der Waals surface area contributed by atoms with Gasteiger partial charge in [-0.25, -0.2) is 0 Å². The Morgan fingerprint density at radius 1 is 0.429 bits per heavy atom. The van der Waals surface area contributed by atoms with Crippen LogP contribution in [-0.4, -0.2) is 0 Å². The van der Waals surface area contributed by atoms with Crippen molar-refractivity contribution in [1.82, 2.24) is 0 Å². The van der Waals surface area contributed by atoms with Gasteiger partial charge in [0.2, 0.25) is 0 Å². The Labute approximate surface area is 101 Å². The van der Waals surface area contributed by atoms with Crippen LogP contribution in [0.5, 0.6) is 0 Å². The first kappa shape index (κ1) is 102. The summed E-state index contributed by atoms with van der Waals surface area (Å²) < 4.78 is 0. The fraction of sp³-hybridized carbons (Fsp3) is 0. The van der Waals surface area contributed by atoms with Gasteiger partial charge in [0.1, 0.15) is 0 Å². The molecule has 0 fully saturated rings. The molecule has 0 aliphatic rings. The van der Waals surface area contributed by atoms with Crippen LogP contribution in [0.25, 0.3) is 0 Å². The second kappa shape index (κ2) is 71.8. The monoisotopic (exact) mass is 248 g/mol. The molecular formula is Mn2O3Sc2. The zero-order chi connectivity index (χ0) is 0. The molecule has 2 radical (unpaired) electrons. The third-order valence-electron chi connectivity index (χ3n) is 0. The molecule has 0 bridgehead atoms. The van der Waals surface area contributed by atoms with Gasteiger partial charge in [0.05, 0.1) is 0 Å². The van der Waals surface area contributed by atoms with Gasteiger partial charge in [0.25, 0.3) is 0 Å². The van der Waals surface area contributed by atoms with E-state index in [1.54, 1.807) is 0 Å². The van der Waals surface area contributed by atoms with E-state index in [0.29, 0.717) is 0 Å². The number of rotatable bonds is 0. The first-order valence-electron chi connectivity index (χ1n) is 0. The molecule has 0 amide bonds. The summed E-state index contributed by atoms with van der Waals surface area (Å²) in [7, 11) is 0. The van der Waals surface area contributed by atoms with Crippen LogP contribution in [-0.2, 0) is 102 Å². The minimum absolute atomic E-state index is 0. The second-order valence-electron chi connectivity index (χ2n) is 0. The van der Waals surface area contributed by atoms with Gasteiger partial charge in [-0.2, -0.15) is 0 Å². The Kier molecular flexibility index (Phi) is 1050. The Balaban J connectivity index is 0. The Morgan fingerprint density at radius 3 is 0.429 bits per heavy atom. The maximum Gasteiger partial charge on any atom is 3.00 e. The molecule has 3 nitrogen and oxygen atoms in total. The summed E-state index contributed by atoms with van der Waals surface area (Å²) in [4.78, 5) is 0. The summed E-state index contributed by atoms with van der Waals surface area (Å²) in [5.74, 6) is 0. The van der Waals surface area contributed by atoms with Gasteiger partial charge in [-0.1, -0.05) is 0 Å². The first-order chi connectivity index (χ1) is 0. The molecule has 0 heterocycles. The molecule has 7 heavy (non-hydrogen) atoms. The van der Waals surface area contributed by atoms with E-state index in [1.165, 1.54) is 0 Å². The summed E-state index contributed by atoms with van der Waals surface area (Å²) in [5, 5.41) is 0. The molecule has 0 aliphatic heterocycles. The van der Waals surface area contributed by atoms with E-state index in [4.69, 9.17) is 0 Å². The third kappa shape index (κ3) is 54.3. The molecule has 0 spiro atoms. The molecule has 7 heteroatoms. The zero-order valence-electron chi connectivity index (χ0n) is 3.14. The molecule has 0 unspecified atom stereocenters. The zero-order valence-corrected chi connectivity index (χ0v) is 9.10. The summed E-state index contributed by atoms with van der Waals surface area (Å²) >= 11 is 0. The van der Waals surface area contributed by atoms with Gasteiger partial charge in [-0.05, 0) is 0 Å². The molecule has 0 aromatic rings. The van der Waals surface area contributed by atoms with Gasteiger partial charge in [-0.3, -0.25) is 0 Å². The third-order valence-corrected chi connectivity index (χ3v) is 0. The second-order valence-corrected chi connectivity index (χ2v) is 0. The van der Waals surface area contributed by atoms with Crippen molar-refractivity contribution in [2.75, 3.05) is 0 Å². The minimum Gasteiger partial charge on any atom is -2.00 e. The molecule has 0 rings (SSSR count). The average Bonchev–Trinajstić information content (AvgIpc) is 0. The van der Waals surface area contributed by atoms with Gasteiger partial charge in [-0.15, -0.1) is 0 Å². The summed E-state index contributed by atoms with van der Waals surface area (Å²) in [5.41, 5.74) is 0. The fourth-order valence-corrected chi connectivity index (χ4v) is 0. The molecular weight excluding hydrogens is 248 g/mol. The largest absolute Gasteiger partial charge is 3.00 e. The van der Waals surface area contributed by atoms with Crippen LogP contribution in [0, 0.1) is 0 Å². The van der Waals surface area contributed by atoms with Crippen LogP contribution in [0.4, 0.5) is 0 Å². The summed E-state index contributed by atoms with van der Waals surface area (Å²) in [6, 6.07) is 0. The van der Waals surface area contributed by atoms with Crippen LogP contribution in [0.3, 0.4) is 0 Å². The van der Waals surface area contributed by atoms with Gasteiger partial charge in [0.15, 0.2) is 0 Å². The normalized spacial score (nSPS) is 0. The fourth-order valence-electron chi connectivity index (χ4n) is 0. The molecule has 0 saturated heterocycles. The van der Waals surface area contributed by atoms with E-state index in [0.717, 1.165) is 0 Å². The van der Waals surface area contributed by atoms with E-state index in [1.807, 2.05) is 0 Å². The predicted octanol–water partition coefficient (Wildman–Crippen LogP) is -0.366. The van der Waals surface area contributed by atoms with Crippen LogP contribution in [0.1, 0.15) is 0 Å². The summed E-state index contributed by atoms with van der Waals surface area (Å²) in [6.07, 6.45) is 0. The standard InChI is InChI=1S/2Mn.3O.2Sc/q;;3*-2;2*+3. The molecule has 0 aliphatic carbocycles. The smallest absolute Gasteiger partial charge is 2.00 e. The van der Waals surface area contributed by atoms with E-state index in [2.05, 4.69) is 0 Å². The molecule has 0 aromatic carbocycles. The minimum atomic E-state index is 0. The van der Waals surface area contributed by atoms with Crippen LogP contribution >= 0.6 is 0 Å². The van der Waals surface area contributed by atoms with Gasteiger partial charge in [0, 0.05) is 34.1 Å². The van der Waals surface area contributed by atoms with Crippen molar-refractivity contribution in [1.29, 1.82) is 0 Å². The molecule has 0 aromatic heterocycles. The van der Waals surface area contributed by atoms with Crippen molar-refractivity contribution < 1.29 is 102 Å². The van der Waals surface area contributed by atoms with Crippen molar-refractivity contribution in [3.63, 3.8) is 0 Å². The molecule has 0 atom stereocenters. The van der Waals surface area contributed by atoms with E-state index in [9.17, 15) is 0 Å². The van der Waals surface area contributed by atoms with Crippen LogP contribution in [0.15, 0.2) is 0 Å². The predicted molar refractivity (Wildman–Crippen MR) is 2.06 cm³/mol. The number of hydrogen-bond acceptors (Lipinski definition) is 0. The Hall–Kier alpha value is 2.66. The van der Waals surface area contributed by atoms with Gasteiger partial charge >= 0.3 is 51.7 Å². The van der Waals surface area contributed by atoms with E-state index < -0.39 is 0 Å². The van der Waals surface area contributed by atoms with Crippen molar-refractivity contribution in [2.45, 2.75) is 0 Å². The molecule has 0 N–H and O–H groups in total. The van der Waals surface area contributed by atoms with E-state index in [-0.39, 0.29) is 102 Å². The van der Waals surface area contributed by atoms with Crippen LogP contribution in [0.2, 0.25) is 0 Å². The number of hydrogen-bond donors (Lipinski definition) is 0. The maximum absolute atomic E-state index is 0. The van der Waals surface area contributed by atoms with Crippen LogP contribution < -0.4 is 0 Å². The maximum atomic E-state index is 0. The first-order valence-corrected chi connectivity index (χ1v) is 0. The van der Waals surface area contributed by atoms with E-state index >= 15 is 0 Å². The van der Waals surface area contributed by atoms with Crippen molar-refractivity contribution in [3.05, 3.63) is 0 Å². The Bertz CT molecular complexity index is 10.9. The van der Waals surface area contributed by atoms with Crippen molar-refractivity contribution in [3.8, 4) is 0 Å². The van der Waals surface area contributed by atoms with Gasteiger partial charge < -0.3 is 16.4 Å². The van der Waals surface area contributed by atoms with Crippen molar-refractivity contribution in [2.24, 2.45) is 0 Å². The average molecular weight is 248 g/mol. The molecule has 38 valence electrons. The molecule has 0 saturated carbocycles. The Morgan fingerprint density at radius 2 is 0.429 bits per heavy atom. The van der Waals surface area contributed by atoms with Crippen molar-refractivity contribution >= 4 is 0 Å². The SMILES string of the molecule is [Mn].[Mn].[O-2].[O-2].[O-2].[Sc+3].[Sc+3].